The second kappa shape index (κ2) is 5.29. The number of anilines is 1. The van der Waals surface area contributed by atoms with Crippen LogP contribution in [-0.2, 0) is 6.54 Å². The van der Waals surface area contributed by atoms with Crippen LogP contribution in [0.2, 0.25) is 0 Å². The lowest BCUT2D eigenvalue weighted by molar-refractivity contribution is 0.770. The van der Waals surface area contributed by atoms with E-state index in [1.54, 1.807) is 0 Å². The molecule has 2 aromatic rings. The van der Waals surface area contributed by atoms with Gasteiger partial charge in [0, 0.05) is 35.0 Å². The molecule has 0 spiro atoms. The molecule has 1 heterocycles. The van der Waals surface area contributed by atoms with E-state index >= 15 is 0 Å². The average molecular weight is 250 g/mol. The number of rotatable bonds is 3. The van der Waals surface area contributed by atoms with Crippen molar-refractivity contribution in [3.05, 3.63) is 41.7 Å². The van der Waals surface area contributed by atoms with Gasteiger partial charge < -0.3 is 9.88 Å². The maximum Gasteiger partial charge on any atom is 0.145 e. The molecule has 0 aliphatic heterocycles. The third-order valence-corrected chi connectivity index (χ3v) is 3.05. The lowest BCUT2D eigenvalue weighted by Crippen LogP contribution is -1.95. The fraction of sp³-hybridized carbons (Fsp3) is 0.200. The number of nitrogens with zero attached hydrogens (tertiary/aromatic N) is 3. The van der Waals surface area contributed by atoms with Crippen LogP contribution in [0, 0.1) is 29.6 Å². The summed E-state index contributed by atoms with van der Waals surface area (Å²) in [6, 6.07) is 11.8. The molecule has 1 aromatic heterocycles. The van der Waals surface area contributed by atoms with Gasteiger partial charge in [0.15, 0.2) is 0 Å². The first kappa shape index (κ1) is 12.7. The molecule has 19 heavy (non-hydrogen) atoms. The molecule has 1 N–H and O–H groups in total. The third-order valence-electron chi connectivity index (χ3n) is 3.05. The van der Waals surface area contributed by atoms with Crippen molar-refractivity contribution in [2.75, 3.05) is 5.32 Å². The van der Waals surface area contributed by atoms with E-state index in [4.69, 9.17) is 10.5 Å². The summed E-state index contributed by atoms with van der Waals surface area (Å²) in [7, 11) is 0. The molecule has 0 fully saturated rings. The molecule has 0 aliphatic rings. The summed E-state index contributed by atoms with van der Waals surface area (Å²) in [6.07, 6.45) is 1.42. The summed E-state index contributed by atoms with van der Waals surface area (Å²) >= 11 is 0. The molecular formula is C15H14N4. The normalized spacial score (nSPS) is 9.68. The maximum atomic E-state index is 8.66. The van der Waals surface area contributed by atoms with Crippen LogP contribution in [0.15, 0.2) is 36.0 Å². The summed E-state index contributed by atoms with van der Waals surface area (Å²) in [4.78, 5) is 0. The van der Waals surface area contributed by atoms with Gasteiger partial charge in [-0.2, -0.15) is 10.5 Å². The van der Waals surface area contributed by atoms with Gasteiger partial charge >= 0.3 is 0 Å². The van der Waals surface area contributed by atoms with Gasteiger partial charge in [0.05, 0.1) is 0 Å². The van der Waals surface area contributed by atoms with E-state index in [-0.39, 0.29) is 5.57 Å². The molecule has 4 heteroatoms. The first-order valence-corrected chi connectivity index (χ1v) is 6.06. The number of allylic oxidation sites excluding steroid dienone is 1. The minimum absolute atomic E-state index is 0.0578. The second-order valence-corrected chi connectivity index (χ2v) is 4.23. The highest BCUT2D eigenvalue weighted by Crippen LogP contribution is 2.23. The first-order valence-electron chi connectivity index (χ1n) is 6.06. The zero-order chi connectivity index (χ0) is 13.8. The van der Waals surface area contributed by atoms with Gasteiger partial charge in [-0.05, 0) is 38.1 Å². The Hall–Kier alpha value is -2.72. The quantitative estimate of drug-likeness (QED) is 0.850. The van der Waals surface area contributed by atoms with Crippen molar-refractivity contribution in [2.45, 2.75) is 20.4 Å². The highest BCUT2D eigenvalue weighted by molar-refractivity contribution is 5.85. The van der Waals surface area contributed by atoms with Crippen molar-refractivity contribution >= 4 is 16.6 Å². The van der Waals surface area contributed by atoms with Crippen molar-refractivity contribution in [1.82, 2.24) is 4.57 Å². The molecule has 0 saturated heterocycles. The molecule has 0 amide bonds. The third kappa shape index (κ3) is 2.43. The van der Waals surface area contributed by atoms with Gasteiger partial charge in [-0.15, -0.1) is 0 Å². The van der Waals surface area contributed by atoms with Gasteiger partial charge in [0.2, 0.25) is 0 Å². The summed E-state index contributed by atoms with van der Waals surface area (Å²) in [5.41, 5.74) is 3.33. The molecule has 0 saturated carbocycles. The minimum Gasteiger partial charge on any atom is -0.360 e. The van der Waals surface area contributed by atoms with Crippen LogP contribution in [0.1, 0.15) is 12.6 Å². The molecule has 1 aromatic carbocycles. The Bertz CT molecular complexity index is 707. The van der Waals surface area contributed by atoms with E-state index in [0.29, 0.717) is 0 Å². The zero-order valence-electron chi connectivity index (χ0n) is 10.9. The number of hydrogen-bond acceptors (Lipinski definition) is 3. The molecule has 0 unspecified atom stereocenters. The first-order chi connectivity index (χ1) is 9.19. The van der Waals surface area contributed by atoms with Gasteiger partial charge in [0.25, 0.3) is 0 Å². The van der Waals surface area contributed by atoms with Crippen LogP contribution < -0.4 is 5.32 Å². The Morgan fingerprint density at radius 1 is 1.32 bits per heavy atom. The summed E-state index contributed by atoms with van der Waals surface area (Å²) in [6.45, 7) is 5.14. The topological polar surface area (TPSA) is 64.5 Å². The number of fused-ring (bicyclic) bond motifs is 1. The van der Waals surface area contributed by atoms with Crippen molar-refractivity contribution in [3.63, 3.8) is 0 Å². The number of benzene rings is 1. The summed E-state index contributed by atoms with van der Waals surface area (Å²) in [5.74, 6) is 0. The van der Waals surface area contributed by atoms with Crippen LogP contribution in [0.25, 0.3) is 10.9 Å². The zero-order valence-corrected chi connectivity index (χ0v) is 10.9. The van der Waals surface area contributed by atoms with E-state index in [1.807, 2.05) is 30.3 Å². The molecular weight excluding hydrogens is 236 g/mol. The van der Waals surface area contributed by atoms with Gasteiger partial charge in [0.1, 0.15) is 17.7 Å². The Morgan fingerprint density at radius 3 is 2.68 bits per heavy atom. The van der Waals surface area contributed by atoms with Gasteiger partial charge in [-0.3, -0.25) is 0 Å². The molecule has 0 bridgehead atoms. The van der Waals surface area contributed by atoms with Crippen molar-refractivity contribution < 1.29 is 0 Å². The molecule has 94 valence electrons. The van der Waals surface area contributed by atoms with E-state index < -0.39 is 0 Å². The molecule has 0 aliphatic carbocycles. The van der Waals surface area contributed by atoms with E-state index in [9.17, 15) is 0 Å². The molecule has 4 nitrogen and oxygen atoms in total. The Balaban J connectivity index is 2.36. The molecule has 0 atom stereocenters. The Labute approximate surface area is 112 Å². The van der Waals surface area contributed by atoms with Crippen LogP contribution in [0.4, 0.5) is 5.69 Å². The largest absolute Gasteiger partial charge is 0.360 e. The number of aryl methyl sites for hydroxylation is 2. The highest BCUT2D eigenvalue weighted by atomic mass is 15.0. The highest BCUT2D eigenvalue weighted by Gasteiger charge is 2.04. The summed E-state index contributed by atoms with van der Waals surface area (Å²) < 4.78 is 2.24. The average Bonchev–Trinajstić information content (AvgIpc) is 2.74. The second-order valence-electron chi connectivity index (χ2n) is 4.23. The van der Waals surface area contributed by atoms with E-state index in [2.05, 4.69) is 29.8 Å². The number of aromatic nitrogens is 1. The molecule has 2 rings (SSSR count). The number of hydrogen-bond donors (Lipinski definition) is 1. The van der Waals surface area contributed by atoms with Crippen molar-refractivity contribution in [3.8, 4) is 12.1 Å². The fourth-order valence-electron chi connectivity index (χ4n) is 2.16. The number of nitriles is 2. The SMILES string of the molecule is CCn1c(C)cc2cc(NC=C(C#N)C#N)ccc21. The van der Waals surface area contributed by atoms with Crippen molar-refractivity contribution in [1.29, 1.82) is 10.5 Å². The van der Waals surface area contributed by atoms with Crippen LogP contribution in [0.3, 0.4) is 0 Å². The maximum absolute atomic E-state index is 8.66. The summed E-state index contributed by atoms with van der Waals surface area (Å²) in [5, 5.41) is 21.4. The number of nitrogens with one attached hydrogen (secondary N) is 1. The lowest BCUT2D eigenvalue weighted by Gasteiger charge is -2.05. The smallest absolute Gasteiger partial charge is 0.145 e. The standard InChI is InChI=1S/C15H14N4/c1-3-19-11(2)6-13-7-14(4-5-15(13)19)18-10-12(8-16)9-17/h4-7,10,18H,3H2,1-2H3. The monoisotopic (exact) mass is 250 g/mol. The lowest BCUT2D eigenvalue weighted by atomic mass is 10.2. The Morgan fingerprint density at radius 2 is 2.05 bits per heavy atom. The predicted octanol–water partition coefficient (Wildman–Crippen LogP) is 3.31. The van der Waals surface area contributed by atoms with E-state index in [1.165, 1.54) is 17.4 Å². The van der Waals surface area contributed by atoms with Crippen molar-refractivity contribution in [2.24, 2.45) is 0 Å². The fourth-order valence-corrected chi connectivity index (χ4v) is 2.16. The van der Waals surface area contributed by atoms with Crippen LogP contribution in [0.5, 0.6) is 0 Å². The Kier molecular flexibility index (Phi) is 3.54. The van der Waals surface area contributed by atoms with Gasteiger partial charge in [-0.1, -0.05) is 0 Å². The predicted molar refractivity (Wildman–Crippen MR) is 75.3 cm³/mol. The van der Waals surface area contributed by atoms with Gasteiger partial charge in [-0.25, -0.2) is 0 Å². The van der Waals surface area contributed by atoms with Crippen LogP contribution in [-0.4, -0.2) is 4.57 Å². The van der Waals surface area contributed by atoms with Crippen LogP contribution >= 0.6 is 0 Å². The van der Waals surface area contributed by atoms with E-state index in [0.717, 1.165) is 17.6 Å². The minimum atomic E-state index is 0.0578. The molecule has 0 radical (unpaired) electrons.